The number of aromatic nitrogens is 1. The number of fused-ring (bicyclic) bond motifs is 1. The Morgan fingerprint density at radius 1 is 1.03 bits per heavy atom. The highest BCUT2D eigenvalue weighted by Gasteiger charge is 2.29. The maximum Gasteiger partial charge on any atom is 0.363 e. The number of halogens is 4. The number of cyclic esters (lactones) is 1. The second-order valence-corrected chi connectivity index (χ2v) is 6.16. The highest BCUT2D eigenvalue weighted by Crippen LogP contribution is 2.33. The number of carbonyl (C=O) groups excluding carboxylic acids is 2. The molecule has 1 aliphatic heterocycles. The van der Waals surface area contributed by atoms with Crippen molar-refractivity contribution in [3.05, 3.63) is 76.6 Å². The van der Waals surface area contributed by atoms with Crippen LogP contribution in [-0.4, -0.2) is 22.3 Å². The molecule has 0 aliphatic carbocycles. The average molecular weight is 402 g/mol. The molecule has 0 spiro atoms. The molecule has 1 aromatic heterocycles. The minimum Gasteiger partial charge on any atom is -0.402 e. The summed E-state index contributed by atoms with van der Waals surface area (Å²) in [6.07, 6.45) is 1.98. The van der Waals surface area contributed by atoms with E-state index in [1.807, 2.05) is 0 Å². The van der Waals surface area contributed by atoms with Crippen LogP contribution in [-0.2, 0) is 9.53 Å². The van der Waals surface area contributed by atoms with Gasteiger partial charge in [0.2, 0.25) is 11.8 Å². The number of hydrogen-bond donors (Lipinski definition) is 0. The Labute approximate surface area is 160 Å². The number of rotatable bonds is 2. The number of nitrogens with zero attached hydrogens (tertiary/aromatic N) is 2. The van der Waals surface area contributed by atoms with E-state index in [0.29, 0.717) is 10.1 Å². The van der Waals surface area contributed by atoms with Gasteiger partial charge in [-0.05, 0) is 18.2 Å². The Morgan fingerprint density at radius 3 is 2.34 bits per heavy atom. The third kappa shape index (κ3) is 2.91. The number of aliphatic imine (C=N–C) groups is 1. The zero-order chi connectivity index (χ0) is 20.9. The third-order valence-electron chi connectivity index (χ3n) is 4.31. The summed E-state index contributed by atoms with van der Waals surface area (Å²) in [7, 11) is 0. The molecular formula is C20H10F4N2O3. The molecule has 0 saturated heterocycles. The van der Waals surface area contributed by atoms with Gasteiger partial charge < -0.3 is 4.74 Å². The smallest absolute Gasteiger partial charge is 0.363 e. The number of esters is 1. The van der Waals surface area contributed by atoms with Gasteiger partial charge in [-0.1, -0.05) is 18.2 Å². The van der Waals surface area contributed by atoms with Gasteiger partial charge in [0.05, 0.1) is 5.52 Å². The monoisotopic (exact) mass is 402 g/mol. The maximum atomic E-state index is 14.4. The van der Waals surface area contributed by atoms with Crippen molar-refractivity contribution < 1.29 is 31.9 Å². The average Bonchev–Trinajstić information content (AvgIpc) is 3.27. The van der Waals surface area contributed by atoms with E-state index in [9.17, 15) is 27.2 Å². The zero-order valence-corrected chi connectivity index (χ0v) is 14.7. The van der Waals surface area contributed by atoms with Crippen LogP contribution in [0, 0.1) is 23.3 Å². The summed E-state index contributed by atoms with van der Waals surface area (Å²) in [5.41, 5.74) is -0.799. The zero-order valence-electron chi connectivity index (χ0n) is 14.7. The molecule has 3 aromatic rings. The number of benzene rings is 2. The van der Waals surface area contributed by atoms with Crippen molar-refractivity contribution in [3.63, 3.8) is 0 Å². The second-order valence-electron chi connectivity index (χ2n) is 6.16. The number of ether oxygens (including phenoxy) is 1. The van der Waals surface area contributed by atoms with Crippen LogP contribution in [0.1, 0.15) is 22.8 Å². The molecular weight excluding hydrogens is 392 g/mol. The molecule has 0 unspecified atom stereocenters. The molecule has 0 saturated carbocycles. The first-order valence-electron chi connectivity index (χ1n) is 8.25. The predicted octanol–water partition coefficient (Wildman–Crippen LogP) is 4.20. The molecule has 0 atom stereocenters. The highest BCUT2D eigenvalue weighted by atomic mass is 19.2. The fraction of sp³-hybridized carbons (Fsp3) is 0.0500. The molecule has 9 heteroatoms. The lowest BCUT2D eigenvalue weighted by atomic mass is 10.1. The first-order valence-corrected chi connectivity index (χ1v) is 8.25. The lowest BCUT2D eigenvalue weighted by Crippen LogP contribution is -2.07. The fourth-order valence-corrected chi connectivity index (χ4v) is 3.00. The van der Waals surface area contributed by atoms with Crippen LogP contribution >= 0.6 is 0 Å². The van der Waals surface area contributed by atoms with Crippen LogP contribution < -0.4 is 0 Å². The van der Waals surface area contributed by atoms with Gasteiger partial charge in [0, 0.05) is 29.6 Å². The summed E-state index contributed by atoms with van der Waals surface area (Å²) in [6.45, 7) is 1.03. The Morgan fingerprint density at radius 2 is 1.69 bits per heavy atom. The molecule has 0 amide bonds. The van der Waals surface area contributed by atoms with Crippen molar-refractivity contribution >= 4 is 34.8 Å². The first kappa shape index (κ1) is 18.6. The van der Waals surface area contributed by atoms with E-state index in [1.54, 1.807) is 30.3 Å². The molecule has 5 nitrogen and oxygen atoms in total. The fourth-order valence-electron chi connectivity index (χ4n) is 3.00. The molecule has 4 rings (SSSR count). The van der Waals surface area contributed by atoms with Crippen molar-refractivity contribution in [2.45, 2.75) is 6.92 Å². The van der Waals surface area contributed by atoms with Crippen LogP contribution in [0.5, 0.6) is 0 Å². The summed E-state index contributed by atoms with van der Waals surface area (Å²) in [4.78, 5) is 27.9. The van der Waals surface area contributed by atoms with Gasteiger partial charge in [0.1, 0.15) is 0 Å². The van der Waals surface area contributed by atoms with E-state index in [2.05, 4.69) is 4.99 Å². The van der Waals surface area contributed by atoms with E-state index in [4.69, 9.17) is 4.74 Å². The SMILES string of the molecule is CC(=O)n1cc(/C=C2\N=C(c3ccccc3)OC2=O)c2c(F)c(F)c(F)c(F)c21. The molecule has 2 heterocycles. The number of hydrogen-bond acceptors (Lipinski definition) is 4. The summed E-state index contributed by atoms with van der Waals surface area (Å²) in [6, 6.07) is 8.43. The van der Waals surface area contributed by atoms with Crippen molar-refractivity contribution in [1.82, 2.24) is 4.57 Å². The first-order chi connectivity index (χ1) is 13.8. The van der Waals surface area contributed by atoms with E-state index >= 15 is 0 Å². The van der Waals surface area contributed by atoms with Gasteiger partial charge in [-0.15, -0.1) is 0 Å². The predicted molar refractivity (Wildman–Crippen MR) is 95.1 cm³/mol. The lowest BCUT2D eigenvalue weighted by Gasteiger charge is -2.04. The third-order valence-corrected chi connectivity index (χ3v) is 4.31. The van der Waals surface area contributed by atoms with Crippen LogP contribution in [0.3, 0.4) is 0 Å². The topological polar surface area (TPSA) is 60.7 Å². The van der Waals surface area contributed by atoms with E-state index < -0.39 is 46.0 Å². The quantitative estimate of drug-likeness (QED) is 0.212. The van der Waals surface area contributed by atoms with Crippen LogP contribution in [0.4, 0.5) is 17.6 Å². The van der Waals surface area contributed by atoms with Crippen LogP contribution in [0.25, 0.3) is 17.0 Å². The second kappa shape index (κ2) is 6.69. The molecule has 0 bridgehead atoms. The molecule has 0 radical (unpaired) electrons. The summed E-state index contributed by atoms with van der Waals surface area (Å²) in [5, 5.41) is -0.694. The van der Waals surface area contributed by atoms with E-state index in [0.717, 1.165) is 19.2 Å². The Kier molecular flexibility index (Phi) is 4.30. The van der Waals surface area contributed by atoms with Crippen LogP contribution in [0.2, 0.25) is 0 Å². The Hall–Kier alpha value is -3.75. The van der Waals surface area contributed by atoms with Gasteiger partial charge in [-0.3, -0.25) is 9.36 Å². The van der Waals surface area contributed by atoms with Crippen molar-refractivity contribution in [2.24, 2.45) is 4.99 Å². The normalized spacial score (nSPS) is 15.1. The van der Waals surface area contributed by atoms with Gasteiger partial charge >= 0.3 is 5.97 Å². The van der Waals surface area contributed by atoms with Crippen molar-refractivity contribution in [2.75, 3.05) is 0 Å². The highest BCUT2D eigenvalue weighted by molar-refractivity contribution is 6.13. The number of carbonyl (C=O) groups is 2. The Bertz CT molecular complexity index is 1260. The molecule has 0 fully saturated rings. The van der Waals surface area contributed by atoms with Crippen molar-refractivity contribution in [3.8, 4) is 0 Å². The van der Waals surface area contributed by atoms with Crippen LogP contribution in [0.15, 0.2) is 47.2 Å². The van der Waals surface area contributed by atoms with Gasteiger partial charge in [-0.25, -0.2) is 27.3 Å². The summed E-state index contributed by atoms with van der Waals surface area (Å²) >= 11 is 0. The minimum absolute atomic E-state index is 0.0129. The summed E-state index contributed by atoms with van der Waals surface area (Å²) < 4.78 is 61.8. The van der Waals surface area contributed by atoms with Gasteiger partial charge in [-0.2, -0.15) is 0 Å². The van der Waals surface area contributed by atoms with E-state index in [1.165, 1.54) is 0 Å². The molecule has 146 valence electrons. The molecule has 1 aliphatic rings. The standard InChI is InChI=1S/C20H10F4N2O3/c1-9(27)26-8-11(13-14(21)15(22)16(23)17(24)18(13)26)7-12-20(28)29-19(25-12)10-5-3-2-4-6-10/h2-8H,1H3/b12-7-. The lowest BCUT2D eigenvalue weighted by molar-refractivity contribution is -0.129. The maximum absolute atomic E-state index is 14.4. The molecule has 2 aromatic carbocycles. The molecule has 29 heavy (non-hydrogen) atoms. The minimum atomic E-state index is -2.04. The summed E-state index contributed by atoms with van der Waals surface area (Å²) in [5.74, 6) is -9.15. The Balaban J connectivity index is 1.94. The van der Waals surface area contributed by atoms with Gasteiger partial charge in [0.25, 0.3) is 0 Å². The molecule has 0 N–H and O–H groups in total. The van der Waals surface area contributed by atoms with Gasteiger partial charge in [0.15, 0.2) is 29.0 Å². The van der Waals surface area contributed by atoms with E-state index in [-0.39, 0.29) is 17.2 Å². The van der Waals surface area contributed by atoms with Crippen molar-refractivity contribution in [1.29, 1.82) is 0 Å². The largest absolute Gasteiger partial charge is 0.402 e.